The van der Waals surface area contributed by atoms with E-state index in [1.54, 1.807) is 19.2 Å². The minimum atomic E-state index is -0.491. The first kappa shape index (κ1) is 20.8. The van der Waals surface area contributed by atoms with Gasteiger partial charge in [-0.1, -0.05) is 29.8 Å². The van der Waals surface area contributed by atoms with Gasteiger partial charge in [-0.05, 0) is 32.0 Å². The van der Waals surface area contributed by atoms with Crippen LogP contribution in [-0.2, 0) is 9.59 Å². The molecule has 2 amide bonds. The molecule has 0 aliphatic heterocycles. The lowest BCUT2D eigenvalue weighted by Gasteiger charge is -2.18. The van der Waals surface area contributed by atoms with Gasteiger partial charge in [-0.15, -0.1) is 11.8 Å². The van der Waals surface area contributed by atoms with Crippen LogP contribution in [0.1, 0.15) is 24.1 Å². The van der Waals surface area contributed by atoms with Crippen LogP contribution < -0.4 is 15.4 Å². The largest absolute Gasteiger partial charge is 0.496 e. The maximum atomic E-state index is 13.5. The normalized spacial score (nSPS) is 11.6. The van der Waals surface area contributed by atoms with Crippen molar-refractivity contribution in [1.82, 2.24) is 5.32 Å². The summed E-state index contributed by atoms with van der Waals surface area (Å²) in [6.45, 7) is 3.85. The van der Waals surface area contributed by atoms with E-state index in [9.17, 15) is 14.0 Å². The minimum absolute atomic E-state index is 0.0594. The van der Waals surface area contributed by atoms with Crippen LogP contribution >= 0.6 is 11.8 Å². The first-order valence-corrected chi connectivity index (χ1v) is 9.62. The number of amides is 2. The summed E-state index contributed by atoms with van der Waals surface area (Å²) in [5.41, 5.74) is 2.10. The molecule has 0 radical (unpaired) electrons. The summed E-state index contributed by atoms with van der Waals surface area (Å²) in [6.07, 6.45) is 0. The Labute approximate surface area is 162 Å². The molecule has 0 unspecified atom stereocenters. The highest BCUT2D eigenvalue weighted by Crippen LogP contribution is 2.26. The maximum absolute atomic E-state index is 13.5. The van der Waals surface area contributed by atoms with Gasteiger partial charge in [0.2, 0.25) is 11.8 Å². The molecule has 2 aromatic rings. The van der Waals surface area contributed by atoms with E-state index in [1.807, 2.05) is 32.0 Å². The molecule has 0 bridgehead atoms. The second-order valence-electron chi connectivity index (χ2n) is 6.06. The zero-order chi connectivity index (χ0) is 19.8. The van der Waals surface area contributed by atoms with Gasteiger partial charge in [0.15, 0.2) is 0 Å². The van der Waals surface area contributed by atoms with Crippen LogP contribution in [-0.4, -0.2) is 30.4 Å². The number of carbonyl (C=O) groups is 2. The quantitative estimate of drug-likeness (QED) is 0.721. The van der Waals surface area contributed by atoms with E-state index in [0.717, 1.165) is 11.1 Å². The SMILES string of the molecule is COc1ccc(C)cc1[C@H](C)NC(=O)CSCC(=O)Nc1ccccc1F. The van der Waals surface area contributed by atoms with E-state index in [-0.39, 0.29) is 35.0 Å². The summed E-state index contributed by atoms with van der Waals surface area (Å²) in [7, 11) is 1.59. The third kappa shape index (κ3) is 6.29. The van der Waals surface area contributed by atoms with Crippen molar-refractivity contribution in [3.63, 3.8) is 0 Å². The maximum Gasteiger partial charge on any atom is 0.234 e. The third-order valence-electron chi connectivity index (χ3n) is 3.84. The molecule has 0 saturated heterocycles. The molecule has 0 heterocycles. The fourth-order valence-electron chi connectivity index (χ4n) is 2.54. The summed E-state index contributed by atoms with van der Waals surface area (Å²) in [5.74, 6) is -0.131. The number of aryl methyl sites for hydroxylation is 1. The van der Waals surface area contributed by atoms with E-state index >= 15 is 0 Å². The van der Waals surface area contributed by atoms with Crippen LogP contribution in [0.5, 0.6) is 5.75 Å². The first-order chi connectivity index (χ1) is 12.9. The molecule has 5 nitrogen and oxygen atoms in total. The van der Waals surface area contributed by atoms with E-state index in [4.69, 9.17) is 4.74 Å². The molecule has 1 atom stereocenters. The number of nitrogens with one attached hydrogen (secondary N) is 2. The van der Waals surface area contributed by atoms with Gasteiger partial charge in [-0.3, -0.25) is 9.59 Å². The average Bonchev–Trinajstić information content (AvgIpc) is 2.63. The van der Waals surface area contributed by atoms with Crippen molar-refractivity contribution in [1.29, 1.82) is 0 Å². The Kier molecular flexibility index (Phi) is 7.67. The number of hydrogen-bond donors (Lipinski definition) is 2. The molecule has 27 heavy (non-hydrogen) atoms. The lowest BCUT2D eigenvalue weighted by Crippen LogP contribution is -2.29. The van der Waals surface area contributed by atoms with E-state index in [1.165, 1.54) is 23.9 Å². The summed E-state index contributed by atoms with van der Waals surface area (Å²) in [5, 5.41) is 5.39. The zero-order valence-corrected chi connectivity index (χ0v) is 16.4. The van der Waals surface area contributed by atoms with Crippen molar-refractivity contribution in [2.24, 2.45) is 0 Å². The Morgan fingerprint density at radius 1 is 1.15 bits per heavy atom. The van der Waals surface area contributed by atoms with Gasteiger partial charge in [0.1, 0.15) is 11.6 Å². The number of halogens is 1. The molecule has 0 fully saturated rings. The van der Waals surface area contributed by atoms with Crippen LogP contribution in [0.4, 0.5) is 10.1 Å². The van der Waals surface area contributed by atoms with Gasteiger partial charge >= 0.3 is 0 Å². The second kappa shape index (κ2) is 9.97. The number of rotatable bonds is 8. The highest BCUT2D eigenvalue weighted by atomic mass is 32.2. The Bertz CT molecular complexity index is 814. The number of para-hydroxylation sites is 1. The van der Waals surface area contributed by atoms with Gasteiger partial charge in [0, 0.05) is 5.56 Å². The highest BCUT2D eigenvalue weighted by molar-refractivity contribution is 8.00. The Balaban J connectivity index is 1.80. The van der Waals surface area contributed by atoms with Crippen molar-refractivity contribution >= 4 is 29.3 Å². The third-order valence-corrected chi connectivity index (χ3v) is 4.78. The molecule has 0 aliphatic carbocycles. The van der Waals surface area contributed by atoms with Crippen LogP contribution in [0, 0.1) is 12.7 Å². The number of benzene rings is 2. The molecule has 0 spiro atoms. The Morgan fingerprint density at radius 3 is 2.56 bits per heavy atom. The molecule has 144 valence electrons. The van der Waals surface area contributed by atoms with Crippen molar-refractivity contribution in [3.8, 4) is 5.75 Å². The smallest absolute Gasteiger partial charge is 0.234 e. The van der Waals surface area contributed by atoms with Crippen molar-refractivity contribution in [3.05, 3.63) is 59.4 Å². The lowest BCUT2D eigenvalue weighted by molar-refractivity contribution is -0.119. The van der Waals surface area contributed by atoms with Gasteiger partial charge in [0.05, 0.1) is 30.3 Å². The molecular weight excluding hydrogens is 367 g/mol. The standard InChI is InChI=1S/C20H23FN2O3S/c1-13-8-9-18(26-3)15(10-13)14(2)22-19(24)11-27-12-20(25)23-17-7-5-4-6-16(17)21/h4-10,14H,11-12H2,1-3H3,(H,22,24)(H,23,25)/t14-/m0/s1. The molecular formula is C20H23FN2O3S. The number of carbonyl (C=O) groups excluding carboxylic acids is 2. The predicted octanol–water partition coefficient (Wildman–Crippen LogP) is 3.69. The highest BCUT2D eigenvalue weighted by Gasteiger charge is 2.15. The fourth-order valence-corrected chi connectivity index (χ4v) is 3.17. The van der Waals surface area contributed by atoms with Crippen LogP contribution in [0.3, 0.4) is 0 Å². The first-order valence-electron chi connectivity index (χ1n) is 8.46. The van der Waals surface area contributed by atoms with Crippen molar-refractivity contribution in [2.45, 2.75) is 19.9 Å². The molecule has 2 N–H and O–H groups in total. The zero-order valence-electron chi connectivity index (χ0n) is 15.5. The Morgan fingerprint density at radius 2 is 1.85 bits per heavy atom. The number of thioether (sulfide) groups is 1. The summed E-state index contributed by atoms with van der Waals surface area (Å²) < 4.78 is 18.8. The number of methoxy groups -OCH3 is 1. The van der Waals surface area contributed by atoms with Gasteiger partial charge in [0.25, 0.3) is 0 Å². The molecule has 0 saturated carbocycles. The molecule has 7 heteroatoms. The van der Waals surface area contributed by atoms with Crippen molar-refractivity contribution in [2.75, 3.05) is 23.9 Å². The monoisotopic (exact) mass is 390 g/mol. The lowest BCUT2D eigenvalue weighted by atomic mass is 10.0. The number of anilines is 1. The molecule has 2 aromatic carbocycles. The fraction of sp³-hybridized carbons (Fsp3) is 0.300. The van der Waals surface area contributed by atoms with Crippen LogP contribution in [0.2, 0.25) is 0 Å². The molecule has 0 aliphatic rings. The minimum Gasteiger partial charge on any atom is -0.496 e. The topological polar surface area (TPSA) is 67.4 Å². The van der Waals surface area contributed by atoms with E-state index in [0.29, 0.717) is 5.75 Å². The predicted molar refractivity (Wildman–Crippen MR) is 107 cm³/mol. The second-order valence-corrected chi connectivity index (χ2v) is 7.04. The summed E-state index contributed by atoms with van der Waals surface area (Å²) in [4.78, 5) is 24.0. The Hall–Kier alpha value is -2.54. The van der Waals surface area contributed by atoms with E-state index < -0.39 is 5.82 Å². The van der Waals surface area contributed by atoms with Crippen LogP contribution in [0.25, 0.3) is 0 Å². The van der Waals surface area contributed by atoms with Gasteiger partial charge < -0.3 is 15.4 Å². The van der Waals surface area contributed by atoms with E-state index in [2.05, 4.69) is 10.6 Å². The molecule has 0 aromatic heterocycles. The molecule has 2 rings (SSSR count). The van der Waals surface area contributed by atoms with Gasteiger partial charge in [-0.2, -0.15) is 0 Å². The average molecular weight is 390 g/mol. The summed E-state index contributed by atoms with van der Waals surface area (Å²) in [6, 6.07) is 11.5. The number of hydrogen-bond acceptors (Lipinski definition) is 4. The van der Waals surface area contributed by atoms with Crippen LogP contribution in [0.15, 0.2) is 42.5 Å². The van der Waals surface area contributed by atoms with Crippen molar-refractivity contribution < 1.29 is 18.7 Å². The summed E-state index contributed by atoms with van der Waals surface area (Å²) >= 11 is 1.17. The number of ether oxygens (including phenoxy) is 1. The van der Waals surface area contributed by atoms with Gasteiger partial charge in [-0.25, -0.2) is 4.39 Å².